The molecule has 0 bridgehead atoms. The molecule has 0 saturated heterocycles. The molecule has 4 nitrogen and oxygen atoms in total. The van der Waals surface area contributed by atoms with Gasteiger partial charge < -0.3 is 4.90 Å². The maximum Gasteiger partial charge on any atom is 0.271 e. The van der Waals surface area contributed by atoms with Crippen LogP contribution in [0.15, 0.2) is 42.5 Å². The van der Waals surface area contributed by atoms with E-state index in [1.807, 2.05) is 11.9 Å². The summed E-state index contributed by atoms with van der Waals surface area (Å²) in [6.45, 7) is 5.02. The van der Waals surface area contributed by atoms with Gasteiger partial charge in [-0.2, -0.15) is 0 Å². The lowest BCUT2D eigenvalue weighted by Crippen LogP contribution is -2.16. The second kappa shape index (κ2) is 6.79. The van der Waals surface area contributed by atoms with Crippen LogP contribution in [0.3, 0.4) is 0 Å². The molecule has 0 aliphatic rings. The molecule has 2 aromatic carbocycles. The van der Waals surface area contributed by atoms with Gasteiger partial charge in [-0.3, -0.25) is 10.1 Å². The second-order valence-electron chi connectivity index (χ2n) is 5.65. The molecule has 0 aliphatic carbocycles. The fraction of sp³-hybridized carbons (Fsp3) is 0.294. The minimum atomic E-state index is -0.444. The van der Waals surface area contributed by atoms with E-state index in [0.717, 1.165) is 5.69 Å². The molecule has 0 aliphatic heterocycles. The number of hydrogen-bond donors (Lipinski definition) is 0. The Morgan fingerprint density at radius 3 is 2.32 bits per heavy atom. The summed E-state index contributed by atoms with van der Waals surface area (Å²) in [7, 11) is 1.92. The first kappa shape index (κ1) is 16.3. The van der Waals surface area contributed by atoms with Gasteiger partial charge in [0, 0.05) is 25.7 Å². The monoisotopic (exact) mass is 318 g/mol. The van der Waals surface area contributed by atoms with E-state index in [-0.39, 0.29) is 5.69 Å². The van der Waals surface area contributed by atoms with Crippen molar-refractivity contribution < 1.29 is 4.92 Å². The fourth-order valence-corrected chi connectivity index (χ4v) is 2.60. The quantitative estimate of drug-likeness (QED) is 0.575. The van der Waals surface area contributed by atoms with E-state index in [2.05, 4.69) is 38.1 Å². The Hall–Kier alpha value is -2.07. The smallest absolute Gasteiger partial charge is 0.271 e. The number of non-ortho nitro benzene ring substituents is 1. The predicted octanol–water partition coefficient (Wildman–Crippen LogP) is 5.01. The number of benzene rings is 2. The Labute approximate surface area is 135 Å². The van der Waals surface area contributed by atoms with Gasteiger partial charge in [0.05, 0.1) is 15.6 Å². The molecule has 0 N–H and O–H groups in total. The summed E-state index contributed by atoms with van der Waals surface area (Å²) in [5, 5.41) is 11.1. The highest BCUT2D eigenvalue weighted by Gasteiger charge is 2.12. The van der Waals surface area contributed by atoms with Crippen LogP contribution in [-0.4, -0.2) is 12.0 Å². The number of nitrogens with zero attached hydrogens (tertiary/aromatic N) is 2. The first-order chi connectivity index (χ1) is 10.4. The Kier molecular flexibility index (Phi) is 5.03. The standard InChI is InChI=1S/C17H19ClN2O2/c1-12(2)14-6-4-13(5-7-14)11-19(3)17-9-8-15(20(21)22)10-16(17)18/h4-10,12H,11H2,1-3H3. The van der Waals surface area contributed by atoms with Gasteiger partial charge in [-0.1, -0.05) is 49.7 Å². The lowest BCUT2D eigenvalue weighted by molar-refractivity contribution is -0.384. The Morgan fingerprint density at radius 2 is 1.82 bits per heavy atom. The summed E-state index contributed by atoms with van der Waals surface area (Å²) < 4.78 is 0. The average Bonchev–Trinajstić information content (AvgIpc) is 2.47. The largest absolute Gasteiger partial charge is 0.369 e. The van der Waals surface area contributed by atoms with Crippen LogP contribution in [0.5, 0.6) is 0 Å². The van der Waals surface area contributed by atoms with Crippen LogP contribution >= 0.6 is 11.6 Å². The molecule has 0 aromatic heterocycles. The molecule has 0 amide bonds. The summed E-state index contributed by atoms with van der Waals surface area (Å²) in [5.74, 6) is 0.510. The molecule has 116 valence electrons. The normalized spacial score (nSPS) is 10.8. The zero-order valence-electron chi connectivity index (χ0n) is 12.9. The molecule has 22 heavy (non-hydrogen) atoms. The van der Waals surface area contributed by atoms with E-state index in [9.17, 15) is 10.1 Å². The molecular weight excluding hydrogens is 300 g/mol. The zero-order chi connectivity index (χ0) is 16.3. The van der Waals surface area contributed by atoms with Crippen LogP contribution in [0, 0.1) is 10.1 Å². The van der Waals surface area contributed by atoms with Crippen molar-refractivity contribution in [2.75, 3.05) is 11.9 Å². The number of hydrogen-bond acceptors (Lipinski definition) is 3. The number of nitro groups is 1. The van der Waals surface area contributed by atoms with E-state index in [1.54, 1.807) is 6.07 Å². The topological polar surface area (TPSA) is 46.4 Å². The van der Waals surface area contributed by atoms with Crippen molar-refractivity contribution in [1.29, 1.82) is 0 Å². The first-order valence-corrected chi connectivity index (χ1v) is 7.50. The molecule has 0 radical (unpaired) electrons. The maximum absolute atomic E-state index is 10.7. The highest BCUT2D eigenvalue weighted by molar-refractivity contribution is 6.33. The van der Waals surface area contributed by atoms with Crippen molar-refractivity contribution in [1.82, 2.24) is 0 Å². The van der Waals surface area contributed by atoms with Crippen LogP contribution in [0.4, 0.5) is 11.4 Å². The van der Waals surface area contributed by atoms with Gasteiger partial charge in [0.2, 0.25) is 0 Å². The van der Waals surface area contributed by atoms with Crippen molar-refractivity contribution >= 4 is 23.0 Å². The van der Waals surface area contributed by atoms with E-state index in [4.69, 9.17) is 11.6 Å². The molecule has 5 heteroatoms. The van der Waals surface area contributed by atoms with Gasteiger partial charge in [-0.25, -0.2) is 0 Å². The Bertz CT molecular complexity index is 669. The van der Waals surface area contributed by atoms with Crippen molar-refractivity contribution in [3.63, 3.8) is 0 Å². The molecular formula is C17H19ClN2O2. The Morgan fingerprint density at radius 1 is 1.18 bits per heavy atom. The molecule has 0 saturated carbocycles. The van der Waals surface area contributed by atoms with Gasteiger partial charge in [-0.15, -0.1) is 0 Å². The van der Waals surface area contributed by atoms with E-state index >= 15 is 0 Å². The maximum atomic E-state index is 10.7. The molecule has 0 fully saturated rings. The molecule has 0 heterocycles. The fourth-order valence-electron chi connectivity index (χ4n) is 2.29. The predicted molar refractivity (Wildman–Crippen MR) is 90.7 cm³/mol. The second-order valence-corrected chi connectivity index (χ2v) is 6.05. The van der Waals surface area contributed by atoms with E-state index in [1.165, 1.54) is 23.3 Å². The van der Waals surface area contributed by atoms with Gasteiger partial charge in [0.1, 0.15) is 0 Å². The number of anilines is 1. The summed E-state index contributed by atoms with van der Waals surface area (Å²) in [6, 6.07) is 13.0. The third kappa shape index (κ3) is 3.77. The SMILES string of the molecule is CC(C)c1ccc(CN(C)c2ccc([N+](=O)[O-])cc2Cl)cc1. The average molecular weight is 319 g/mol. The minimum Gasteiger partial charge on any atom is -0.369 e. The third-order valence-electron chi connectivity index (χ3n) is 3.62. The van der Waals surface area contributed by atoms with Gasteiger partial charge in [0.15, 0.2) is 0 Å². The van der Waals surface area contributed by atoms with Gasteiger partial charge in [0.25, 0.3) is 5.69 Å². The summed E-state index contributed by atoms with van der Waals surface area (Å²) >= 11 is 6.16. The summed E-state index contributed by atoms with van der Waals surface area (Å²) in [4.78, 5) is 12.3. The van der Waals surface area contributed by atoms with E-state index < -0.39 is 4.92 Å². The van der Waals surface area contributed by atoms with Crippen LogP contribution in [0.25, 0.3) is 0 Å². The van der Waals surface area contributed by atoms with Crippen LogP contribution < -0.4 is 4.90 Å². The summed E-state index contributed by atoms with van der Waals surface area (Å²) in [6.07, 6.45) is 0. The summed E-state index contributed by atoms with van der Waals surface area (Å²) in [5.41, 5.74) is 3.25. The first-order valence-electron chi connectivity index (χ1n) is 7.12. The van der Waals surface area contributed by atoms with Gasteiger partial charge >= 0.3 is 0 Å². The van der Waals surface area contributed by atoms with Crippen LogP contribution in [-0.2, 0) is 6.54 Å². The van der Waals surface area contributed by atoms with Crippen molar-refractivity contribution in [3.05, 3.63) is 68.7 Å². The molecule has 2 rings (SSSR count). The lowest BCUT2D eigenvalue weighted by Gasteiger charge is -2.21. The number of rotatable bonds is 5. The van der Waals surface area contributed by atoms with Crippen molar-refractivity contribution in [2.24, 2.45) is 0 Å². The lowest BCUT2D eigenvalue weighted by atomic mass is 10.0. The van der Waals surface area contributed by atoms with Gasteiger partial charge in [-0.05, 0) is 23.1 Å². The van der Waals surface area contributed by atoms with Crippen LogP contribution in [0.1, 0.15) is 30.9 Å². The Balaban J connectivity index is 2.15. The molecule has 0 atom stereocenters. The third-order valence-corrected chi connectivity index (χ3v) is 3.92. The van der Waals surface area contributed by atoms with E-state index in [0.29, 0.717) is 17.5 Å². The van der Waals surface area contributed by atoms with Crippen LogP contribution in [0.2, 0.25) is 5.02 Å². The minimum absolute atomic E-state index is 0.00318. The molecule has 0 unspecified atom stereocenters. The molecule has 2 aromatic rings. The zero-order valence-corrected chi connectivity index (χ0v) is 13.7. The highest BCUT2D eigenvalue weighted by atomic mass is 35.5. The van der Waals surface area contributed by atoms with Crippen molar-refractivity contribution in [2.45, 2.75) is 26.3 Å². The van der Waals surface area contributed by atoms with Crippen molar-refractivity contribution in [3.8, 4) is 0 Å². The highest BCUT2D eigenvalue weighted by Crippen LogP contribution is 2.30. The molecule has 0 spiro atoms. The number of halogens is 1. The number of nitro benzene ring substituents is 1.